The van der Waals surface area contributed by atoms with Gasteiger partial charge in [-0.05, 0) is 31.5 Å². The van der Waals surface area contributed by atoms with Gasteiger partial charge in [-0.25, -0.2) is 4.68 Å². The molecule has 0 aliphatic heterocycles. The standard InChI is InChI=1S/C18H19N3O3/c1-3-10-21-18(23)14-8-5-4-7-13(14)16(20-21)17(22)19-12(2)15-9-6-11-24-15/h4-9,11-12H,3,10H2,1-2H3,(H,19,22). The molecule has 1 unspecified atom stereocenters. The van der Waals surface area contributed by atoms with Crippen molar-refractivity contribution in [2.24, 2.45) is 0 Å². The maximum Gasteiger partial charge on any atom is 0.274 e. The summed E-state index contributed by atoms with van der Waals surface area (Å²) >= 11 is 0. The van der Waals surface area contributed by atoms with Gasteiger partial charge in [0.25, 0.3) is 11.5 Å². The van der Waals surface area contributed by atoms with E-state index in [4.69, 9.17) is 4.42 Å². The quantitative estimate of drug-likeness (QED) is 0.782. The van der Waals surface area contributed by atoms with Crippen molar-refractivity contribution < 1.29 is 9.21 Å². The van der Waals surface area contributed by atoms with Crippen LogP contribution in [0.25, 0.3) is 10.8 Å². The fourth-order valence-electron chi connectivity index (χ4n) is 2.64. The Morgan fingerprint density at radius 1 is 1.25 bits per heavy atom. The molecular weight excluding hydrogens is 306 g/mol. The van der Waals surface area contributed by atoms with Crippen LogP contribution in [0.3, 0.4) is 0 Å². The summed E-state index contributed by atoms with van der Waals surface area (Å²) in [4.78, 5) is 25.2. The van der Waals surface area contributed by atoms with Gasteiger partial charge < -0.3 is 9.73 Å². The molecular formula is C18H19N3O3. The van der Waals surface area contributed by atoms with Gasteiger partial charge in [0.1, 0.15) is 5.76 Å². The van der Waals surface area contributed by atoms with Crippen molar-refractivity contribution in [2.75, 3.05) is 0 Å². The summed E-state index contributed by atoms with van der Waals surface area (Å²) in [5, 5.41) is 8.21. The highest BCUT2D eigenvalue weighted by Gasteiger charge is 2.19. The molecule has 3 rings (SSSR count). The molecule has 0 spiro atoms. The van der Waals surface area contributed by atoms with Crippen LogP contribution in [0, 0.1) is 0 Å². The normalized spacial score (nSPS) is 12.2. The average molecular weight is 325 g/mol. The van der Waals surface area contributed by atoms with E-state index in [0.717, 1.165) is 6.42 Å². The Hall–Kier alpha value is -2.89. The van der Waals surface area contributed by atoms with Crippen LogP contribution in [-0.2, 0) is 6.54 Å². The van der Waals surface area contributed by atoms with E-state index in [-0.39, 0.29) is 23.2 Å². The highest BCUT2D eigenvalue weighted by atomic mass is 16.3. The molecule has 0 bridgehead atoms. The number of amides is 1. The van der Waals surface area contributed by atoms with Gasteiger partial charge in [-0.15, -0.1) is 0 Å². The van der Waals surface area contributed by atoms with Crippen LogP contribution >= 0.6 is 0 Å². The zero-order valence-electron chi connectivity index (χ0n) is 13.7. The maximum atomic E-state index is 12.7. The van der Waals surface area contributed by atoms with E-state index in [2.05, 4.69) is 10.4 Å². The van der Waals surface area contributed by atoms with Gasteiger partial charge in [0.15, 0.2) is 5.69 Å². The second-order valence-corrected chi connectivity index (χ2v) is 5.63. The number of hydrogen-bond donors (Lipinski definition) is 1. The van der Waals surface area contributed by atoms with E-state index in [0.29, 0.717) is 23.1 Å². The molecule has 6 nitrogen and oxygen atoms in total. The largest absolute Gasteiger partial charge is 0.467 e. The predicted molar refractivity (Wildman–Crippen MR) is 90.9 cm³/mol. The average Bonchev–Trinajstić information content (AvgIpc) is 3.12. The second kappa shape index (κ2) is 6.70. The highest BCUT2D eigenvalue weighted by molar-refractivity contribution is 6.04. The minimum atomic E-state index is -0.333. The van der Waals surface area contributed by atoms with Crippen LogP contribution in [0.15, 0.2) is 51.9 Å². The van der Waals surface area contributed by atoms with Gasteiger partial charge in [0, 0.05) is 11.9 Å². The topological polar surface area (TPSA) is 77.1 Å². The number of rotatable bonds is 5. The zero-order chi connectivity index (χ0) is 17.1. The smallest absolute Gasteiger partial charge is 0.274 e. The molecule has 0 radical (unpaired) electrons. The lowest BCUT2D eigenvalue weighted by atomic mass is 10.1. The summed E-state index contributed by atoms with van der Waals surface area (Å²) in [6, 6.07) is 10.3. The number of furan rings is 1. The summed E-state index contributed by atoms with van der Waals surface area (Å²) in [6.45, 7) is 4.26. The van der Waals surface area contributed by atoms with Gasteiger partial charge in [0.05, 0.1) is 17.7 Å². The van der Waals surface area contributed by atoms with Crippen LogP contribution in [0.5, 0.6) is 0 Å². The zero-order valence-corrected chi connectivity index (χ0v) is 13.7. The second-order valence-electron chi connectivity index (χ2n) is 5.63. The van der Waals surface area contributed by atoms with Crippen molar-refractivity contribution in [3.63, 3.8) is 0 Å². The van der Waals surface area contributed by atoms with Crippen molar-refractivity contribution in [3.05, 3.63) is 64.5 Å². The van der Waals surface area contributed by atoms with Gasteiger partial charge >= 0.3 is 0 Å². The van der Waals surface area contributed by atoms with E-state index >= 15 is 0 Å². The lowest BCUT2D eigenvalue weighted by molar-refractivity contribution is 0.0929. The van der Waals surface area contributed by atoms with E-state index in [1.54, 1.807) is 42.7 Å². The summed E-state index contributed by atoms with van der Waals surface area (Å²) in [7, 11) is 0. The fourth-order valence-corrected chi connectivity index (χ4v) is 2.64. The van der Waals surface area contributed by atoms with Gasteiger partial charge in [-0.1, -0.05) is 25.1 Å². The maximum absolute atomic E-state index is 12.7. The Labute approximate surface area is 139 Å². The van der Waals surface area contributed by atoms with Crippen molar-refractivity contribution in [3.8, 4) is 0 Å². The number of carbonyl (C=O) groups is 1. The SMILES string of the molecule is CCCn1nc(C(=O)NC(C)c2ccco2)c2ccccc2c1=O. The number of fused-ring (bicyclic) bond motifs is 1. The number of carbonyl (C=O) groups excluding carboxylic acids is 1. The van der Waals surface area contributed by atoms with E-state index in [9.17, 15) is 9.59 Å². The van der Waals surface area contributed by atoms with Crippen LogP contribution in [0.4, 0.5) is 0 Å². The third-order valence-electron chi connectivity index (χ3n) is 3.84. The van der Waals surface area contributed by atoms with Crippen LogP contribution in [-0.4, -0.2) is 15.7 Å². The number of nitrogens with one attached hydrogen (secondary N) is 1. The van der Waals surface area contributed by atoms with Crippen LogP contribution in [0.1, 0.15) is 42.6 Å². The first kappa shape index (κ1) is 16.0. The monoisotopic (exact) mass is 325 g/mol. The van der Waals surface area contributed by atoms with Gasteiger partial charge in [-0.2, -0.15) is 5.10 Å². The number of benzene rings is 1. The Balaban J connectivity index is 2.03. The first-order valence-corrected chi connectivity index (χ1v) is 7.96. The lowest BCUT2D eigenvalue weighted by Gasteiger charge is -2.13. The Morgan fingerprint density at radius 2 is 2.00 bits per heavy atom. The molecule has 1 atom stereocenters. The van der Waals surface area contributed by atoms with Gasteiger partial charge in [0.2, 0.25) is 0 Å². The van der Waals surface area contributed by atoms with E-state index < -0.39 is 0 Å². The van der Waals surface area contributed by atoms with Crippen molar-refractivity contribution >= 4 is 16.7 Å². The van der Waals surface area contributed by atoms with E-state index in [1.807, 2.05) is 13.8 Å². The van der Waals surface area contributed by atoms with Crippen LogP contribution < -0.4 is 10.9 Å². The highest BCUT2D eigenvalue weighted by Crippen LogP contribution is 2.16. The number of nitrogens with zero attached hydrogens (tertiary/aromatic N) is 2. The van der Waals surface area contributed by atoms with Crippen molar-refractivity contribution in [1.82, 2.24) is 15.1 Å². The number of aromatic nitrogens is 2. The molecule has 0 saturated carbocycles. The molecule has 0 aliphatic carbocycles. The molecule has 1 N–H and O–H groups in total. The summed E-state index contributed by atoms with van der Waals surface area (Å²) in [5.41, 5.74) is 0.0696. The Morgan fingerprint density at radius 3 is 2.67 bits per heavy atom. The molecule has 3 aromatic rings. The van der Waals surface area contributed by atoms with E-state index in [1.165, 1.54) is 4.68 Å². The van der Waals surface area contributed by atoms with Gasteiger partial charge in [-0.3, -0.25) is 9.59 Å². The number of aryl methyl sites for hydroxylation is 1. The third kappa shape index (κ3) is 2.95. The molecule has 0 fully saturated rings. The van der Waals surface area contributed by atoms with Crippen molar-refractivity contribution in [1.29, 1.82) is 0 Å². The van der Waals surface area contributed by atoms with Crippen molar-refractivity contribution in [2.45, 2.75) is 32.9 Å². The minimum Gasteiger partial charge on any atom is -0.467 e. The molecule has 2 heterocycles. The van der Waals surface area contributed by atoms with Crippen LogP contribution in [0.2, 0.25) is 0 Å². The summed E-state index contributed by atoms with van der Waals surface area (Å²) < 4.78 is 6.67. The molecule has 1 aromatic carbocycles. The molecule has 124 valence electrons. The molecule has 24 heavy (non-hydrogen) atoms. The minimum absolute atomic E-state index is 0.178. The first-order valence-electron chi connectivity index (χ1n) is 7.96. The molecule has 6 heteroatoms. The first-order chi connectivity index (χ1) is 11.6. The Bertz CT molecular complexity index is 913. The predicted octanol–water partition coefficient (Wildman–Crippen LogP) is 2.89. The Kier molecular flexibility index (Phi) is 4.46. The molecule has 1 amide bonds. The lowest BCUT2D eigenvalue weighted by Crippen LogP contribution is -2.32. The third-order valence-corrected chi connectivity index (χ3v) is 3.84. The molecule has 2 aromatic heterocycles. The number of hydrogen-bond acceptors (Lipinski definition) is 4. The summed E-state index contributed by atoms with van der Waals surface area (Å²) in [6.07, 6.45) is 2.32. The summed E-state index contributed by atoms with van der Waals surface area (Å²) in [5.74, 6) is 0.328. The fraction of sp³-hybridized carbons (Fsp3) is 0.278. The molecule has 0 aliphatic rings. The molecule has 0 saturated heterocycles.